The van der Waals surface area contributed by atoms with Gasteiger partial charge in [0.15, 0.2) is 0 Å². The lowest BCUT2D eigenvalue weighted by Gasteiger charge is -1.98. The van der Waals surface area contributed by atoms with E-state index >= 15 is 0 Å². The van der Waals surface area contributed by atoms with Crippen LogP contribution in [0.1, 0.15) is 46.5 Å². The molecule has 0 aromatic rings. The van der Waals surface area contributed by atoms with Crippen LogP contribution in [-0.2, 0) is 4.84 Å². The quantitative estimate of drug-likeness (QED) is 0.350. The third-order valence-electron chi connectivity index (χ3n) is 1.89. The van der Waals surface area contributed by atoms with E-state index in [9.17, 15) is 0 Å². The Labute approximate surface area is 81.7 Å². The highest BCUT2D eigenvalue weighted by atomic mass is 16.6. The second-order valence-corrected chi connectivity index (χ2v) is 3.35. The molecule has 0 N–H and O–H groups in total. The molecule has 0 aliphatic rings. The van der Waals surface area contributed by atoms with Gasteiger partial charge in [0.2, 0.25) is 0 Å². The van der Waals surface area contributed by atoms with Crippen LogP contribution in [0.2, 0.25) is 0 Å². The van der Waals surface area contributed by atoms with Crippen LogP contribution in [0.5, 0.6) is 0 Å². The van der Waals surface area contributed by atoms with Crippen LogP contribution in [0.15, 0.2) is 16.8 Å². The molecule has 0 unspecified atom stereocenters. The third kappa shape index (κ3) is 7.57. The van der Waals surface area contributed by atoms with E-state index in [1.54, 1.807) is 7.11 Å². The molecule has 0 aliphatic heterocycles. The van der Waals surface area contributed by atoms with Crippen molar-refractivity contribution in [3.8, 4) is 0 Å². The lowest BCUT2D eigenvalue weighted by atomic mass is 10.1. The second-order valence-electron chi connectivity index (χ2n) is 3.35. The molecule has 0 aliphatic carbocycles. The number of oxime groups is 1. The fourth-order valence-corrected chi connectivity index (χ4v) is 1.23. The summed E-state index contributed by atoms with van der Waals surface area (Å²) in [7, 11) is 1.58. The molecule has 0 radical (unpaired) electrons. The van der Waals surface area contributed by atoms with E-state index < -0.39 is 0 Å². The predicted molar refractivity (Wildman–Crippen MR) is 58.0 cm³/mol. The Morgan fingerprint density at radius 2 is 2.00 bits per heavy atom. The zero-order chi connectivity index (χ0) is 10.1. The van der Waals surface area contributed by atoms with Crippen molar-refractivity contribution in [2.24, 2.45) is 5.16 Å². The molecule has 0 amide bonds. The number of nitrogens with zero attached hydrogens (tertiary/aromatic N) is 1. The topological polar surface area (TPSA) is 21.6 Å². The van der Waals surface area contributed by atoms with E-state index in [2.05, 4.69) is 29.9 Å². The molecule has 0 heterocycles. The van der Waals surface area contributed by atoms with Crippen molar-refractivity contribution in [2.75, 3.05) is 7.11 Å². The first-order valence-electron chi connectivity index (χ1n) is 4.93. The highest BCUT2D eigenvalue weighted by molar-refractivity contribution is 5.81. The van der Waals surface area contributed by atoms with Crippen LogP contribution < -0.4 is 0 Å². The summed E-state index contributed by atoms with van der Waals surface area (Å²) in [6.07, 6.45) is 6.80. The Morgan fingerprint density at radius 3 is 2.54 bits per heavy atom. The summed E-state index contributed by atoms with van der Waals surface area (Å²) in [6, 6.07) is 0. The van der Waals surface area contributed by atoms with Gasteiger partial charge < -0.3 is 4.84 Å². The zero-order valence-corrected chi connectivity index (χ0v) is 9.26. The van der Waals surface area contributed by atoms with Crippen molar-refractivity contribution >= 4 is 5.71 Å². The molecular weight excluding hydrogens is 162 g/mol. The molecule has 0 saturated carbocycles. The number of hydrogen-bond acceptors (Lipinski definition) is 2. The first-order valence-corrected chi connectivity index (χ1v) is 4.93. The van der Waals surface area contributed by atoms with Crippen LogP contribution in [0.25, 0.3) is 0 Å². The standard InChI is InChI=1S/C11H21NO/c1-5-7-10(2)8-6-9-11(3)12-13-4/h8H,5-7,9H2,1-4H3. The van der Waals surface area contributed by atoms with E-state index in [4.69, 9.17) is 0 Å². The molecule has 0 spiro atoms. The zero-order valence-electron chi connectivity index (χ0n) is 9.26. The molecule has 0 aromatic heterocycles. The van der Waals surface area contributed by atoms with Crippen molar-refractivity contribution in [2.45, 2.75) is 46.5 Å². The van der Waals surface area contributed by atoms with Gasteiger partial charge in [0.1, 0.15) is 7.11 Å². The summed E-state index contributed by atoms with van der Waals surface area (Å²) >= 11 is 0. The average molecular weight is 183 g/mol. The maximum atomic E-state index is 4.68. The highest BCUT2D eigenvalue weighted by Gasteiger charge is 1.91. The highest BCUT2D eigenvalue weighted by Crippen LogP contribution is 2.06. The fraction of sp³-hybridized carbons (Fsp3) is 0.727. The van der Waals surface area contributed by atoms with Crippen LogP contribution in [0.3, 0.4) is 0 Å². The Balaban J connectivity index is 3.65. The van der Waals surface area contributed by atoms with E-state index in [-0.39, 0.29) is 0 Å². The van der Waals surface area contributed by atoms with Crippen molar-refractivity contribution in [3.05, 3.63) is 11.6 Å². The van der Waals surface area contributed by atoms with Crippen LogP contribution in [0.4, 0.5) is 0 Å². The van der Waals surface area contributed by atoms with Crippen LogP contribution in [0, 0.1) is 0 Å². The first-order chi connectivity index (χ1) is 6.20. The maximum absolute atomic E-state index is 4.68. The van der Waals surface area contributed by atoms with Crippen molar-refractivity contribution in [3.63, 3.8) is 0 Å². The minimum atomic E-state index is 0.995. The molecule has 13 heavy (non-hydrogen) atoms. The van der Waals surface area contributed by atoms with E-state index in [0.29, 0.717) is 0 Å². The number of allylic oxidation sites excluding steroid dienone is 2. The first kappa shape index (κ1) is 12.2. The van der Waals surface area contributed by atoms with Crippen molar-refractivity contribution < 1.29 is 4.84 Å². The van der Waals surface area contributed by atoms with Gasteiger partial charge >= 0.3 is 0 Å². The molecule has 2 nitrogen and oxygen atoms in total. The minimum absolute atomic E-state index is 0.995. The molecule has 76 valence electrons. The van der Waals surface area contributed by atoms with E-state index in [0.717, 1.165) is 18.6 Å². The largest absolute Gasteiger partial charge is 0.399 e. The summed E-state index contributed by atoms with van der Waals surface area (Å²) in [5.74, 6) is 0. The monoisotopic (exact) mass is 183 g/mol. The maximum Gasteiger partial charge on any atom is 0.106 e. The molecule has 0 aromatic carbocycles. The van der Waals surface area contributed by atoms with Gasteiger partial charge in [-0.05, 0) is 33.1 Å². The fourth-order valence-electron chi connectivity index (χ4n) is 1.23. The van der Waals surface area contributed by atoms with Crippen LogP contribution in [-0.4, -0.2) is 12.8 Å². The Kier molecular flexibility index (Phi) is 7.36. The summed E-state index contributed by atoms with van der Waals surface area (Å²) in [4.78, 5) is 4.68. The van der Waals surface area contributed by atoms with Gasteiger partial charge in [-0.2, -0.15) is 0 Å². The van der Waals surface area contributed by atoms with Crippen LogP contribution >= 0.6 is 0 Å². The lowest BCUT2D eigenvalue weighted by molar-refractivity contribution is 0.212. The SMILES string of the molecule is CCCC(C)=CCCC(C)=NOC. The molecule has 2 heteroatoms. The van der Waals surface area contributed by atoms with Gasteiger partial charge in [0.05, 0.1) is 5.71 Å². The second kappa shape index (κ2) is 7.84. The average Bonchev–Trinajstić information content (AvgIpc) is 2.05. The molecule has 0 bridgehead atoms. The van der Waals surface area contributed by atoms with Crippen molar-refractivity contribution in [1.82, 2.24) is 0 Å². The molecule has 0 fully saturated rings. The van der Waals surface area contributed by atoms with E-state index in [1.165, 1.54) is 18.4 Å². The van der Waals surface area contributed by atoms with Gasteiger partial charge in [-0.15, -0.1) is 0 Å². The van der Waals surface area contributed by atoms with Gasteiger partial charge in [-0.1, -0.05) is 30.1 Å². The summed E-state index contributed by atoms with van der Waals surface area (Å²) < 4.78 is 0. The predicted octanol–water partition coefficient (Wildman–Crippen LogP) is 3.54. The number of rotatable bonds is 6. The van der Waals surface area contributed by atoms with Crippen molar-refractivity contribution in [1.29, 1.82) is 0 Å². The van der Waals surface area contributed by atoms with E-state index in [1.807, 2.05) is 6.92 Å². The van der Waals surface area contributed by atoms with Gasteiger partial charge in [0, 0.05) is 0 Å². The Morgan fingerprint density at radius 1 is 1.31 bits per heavy atom. The summed E-state index contributed by atoms with van der Waals surface area (Å²) in [5.41, 5.74) is 2.54. The molecule has 0 atom stereocenters. The summed E-state index contributed by atoms with van der Waals surface area (Å²) in [6.45, 7) is 6.38. The Hall–Kier alpha value is -0.790. The normalized spacial score (nSPS) is 13.2. The molecular formula is C11H21NO. The molecule has 0 saturated heterocycles. The summed E-state index contributed by atoms with van der Waals surface area (Å²) in [5, 5.41) is 3.85. The van der Waals surface area contributed by atoms with Gasteiger partial charge in [0.25, 0.3) is 0 Å². The smallest absolute Gasteiger partial charge is 0.106 e. The Bertz CT molecular complexity index is 183. The third-order valence-corrected chi connectivity index (χ3v) is 1.89. The number of hydrogen-bond donors (Lipinski definition) is 0. The minimum Gasteiger partial charge on any atom is -0.399 e. The lowest BCUT2D eigenvalue weighted by Crippen LogP contribution is -1.91. The van der Waals surface area contributed by atoms with Gasteiger partial charge in [-0.3, -0.25) is 0 Å². The van der Waals surface area contributed by atoms with Gasteiger partial charge in [-0.25, -0.2) is 0 Å². The molecule has 0 rings (SSSR count).